The second-order valence-electron chi connectivity index (χ2n) is 8.18. The highest BCUT2D eigenvalue weighted by Crippen LogP contribution is 2.28. The minimum atomic E-state index is -0.487. The van der Waals surface area contributed by atoms with Gasteiger partial charge in [0, 0.05) is 24.2 Å². The molecule has 5 rings (SSSR count). The summed E-state index contributed by atoms with van der Waals surface area (Å²) in [5.74, 6) is -0.516. The van der Waals surface area contributed by atoms with Gasteiger partial charge in [-0.3, -0.25) is 4.79 Å². The summed E-state index contributed by atoms with van der Waals surface area (Å²) in [5, 5.41) is 12.0. The normalized spacial score (nSPS) is 18.6. The second kappa shape index (κ2) is 8.82. The van der Waals surface area contributed by atoms with Crippen molar-refractivity contribution < 1.29 is 13.6 Å². The van der Waals surface area contributed by atoms with Crippen molar-refractivity contribution in [2.75, 3.05) is 18.4 Å². The molecule has 0 saturated carbocycles. The molecule has 0 bridgehead atoms. The minimum absolute atomic E-state index is 0.133. The zero-order valence-corrected chi connectivity index (χ0v) is 18.7. The Hall–Kier alpha value is -3.46. The molecule has 3 heterocycles. The lowest BCUT2D eigenvalue weighted by Gasteiger charge is -2.40. The number of aromatic nitrogens is 4. The number of nitrogens with zero attached hydrogens (tertiary/aromatic N) is 5. The lowest BCUT2D eigenvalue weighted by molar-refractivity contribution is 0.0538. The third kappa shape index (κ3) is 4.28. The zero-order chi connectivity index (χ0) is 22.9. The van der Waals surface area contributed by atoms with Crippen LogP contribution in [0.1, 0.15) is 30.1 Å². The van der Waals surface area contributed by atoms with E-state index < -0.39 is 5.82 Å². The molecule has 1 fully saturated rings. The fourth-order valence-electron chi connectivity index (χ4n) is 4.33. The Kier molecular flexibility index (Phi) is 5.72. The van der Waals surface area contributed by atoms with Crippen molar-refractivity contribution in [1.29, 1.82) is 0 Å². The van der Waals surface area contributed by atoms with E-state index in [4.69, 9.17) is 16.0 Å². The molecule has 1 amide bonds. The van der Waals surface area contributed by atoms with Crippen molar-refractivity contribution in [3.63, 3.8) is 0 Å². The van der Waals surface area contributed by atoms with Crippen molar-refractivity contribution in [2.45, 2.75) is 25.8 Å². The van der Waals surface area contributed by atoms with Crippen molar-refractivity contribution in [1.82, 2.24) is 24.9 Å². The highest BCUT2D eigenvalue weighted by atomic mass is 35.5. The monoisotopic (exact) mass is 468 g/mol. The predicted molar refractivity (Wildman–Crippen MR) is 122 cm³/mol. The van der Waals surface area contributed by atoms with Gasteiger partial charge in [-0.15, -0.1) is 0 Å². The average molecular weight is 469 g/mol. The molecule has 1 aliphatic rings. The maximum Gasteiger partial charge on any atom is 0.295 e. The molecule has 1 N–H and O–H groups in total. The van der Waals surface area contributed by atoms with E-state index in [1.807, 2.05) is 0 Å². The summed E-state index contributed by atoms with van der Waals surface area (Å²) in [5.41, 5.74) is 1.95. The topological polar surface area (TPSA) is 89.1 Å². The first kappa shape index (κ1) is 21.4. The van der Waals surface area contributed by atoms with Crippen LogP contribution in [0.15, 0.2) is 53.2 Å². The van der Waals surface area contributed by atoms with Crippen LogP contribution in [0.3, 0.4) is 0 Å². The van der Waals surface area contributed by atoms with E-state index in [2.05, 4.69) is 27.4 Å². The van der Waals surface area contributed by atoms with E-state index in [0.29, 0.717) is 40.9 Å². The third-order valence-electron chi connectivity index (χ3n) is 6.01. The fraction of sp³-hybridized carbons (Fsp3) is 0.304. The number of halogens is 2. The first-order valence-electron chi connectivity index (χ1n) is 10.8. The Balaban J connectivity index is 1.40. The molecule has 170 valence electrons. The number of hydrogen-bond donors (Lipinski definition) is 1. The highest BCUT2D eigenvalue weighted by Gasteiger charge is 2.34. The summed E-state index contributed by atoms with van der Waals surface area (Å²) in [6.07, 6.45) is 4.88. The number of benzene rings is 2. The van der Waals surface area contributed by atoms with Crippen LogP contribution in [-0.4, -0.2) is 49.9 Å². The number of hydrogen-bond acceptors (Lipinski definition) is 6. The predicted octanol–water partition coefficient (Wildman–Crippen LogP) is 4.55. The molecule has 2 aromatic carbocycles. The number of carbonyl (C=O) groups excluding carboxylic acids is 1. The molecule has 2 aromatic heterocycles. The minimum Gasteiger partial charge on any atom is -0.424 e. The lowest BCUT2D eigenvalue weighted by atomic mass is 9.90. The summed E-state index contributed by atoms with van der Waals surface area (Å²) in [7, 11) is 0. The van der Waals surface area contributed by atoms with Gasteiger partial charge in [0.2, 0.25) is 0 Å². The molecule has 10 heteroatoms. The Labute approximate surface area is 194 Å². The number of oxazole rings is 1. The molecule has 2 unspecified atom stereocenters. The van der Waals surface area contributed by atoms with Gasteiger partial charge in [0.05, 0.1) is 29.7 Å². The second-order valence-corrected chi connectivity index (χ2v) is 8.61. The fourth-order valence-corrected chi connectivity index (χ4v) is 4.49. The Morgan fingerprint density at radius 1 is 1.24 bits per heavy atom. The Morgan fingerprint density at radius 3 is 2.88 bits per heavy atom. The van der Waals surface area contributed by atoms with Crippen molar-refractivity contribution >= 4 is 34.6 Å². The van der Waals surface area contributed by atoms with Gasteiger partial charge in [-0.2, -0.15) is 20.0 Å². The molecule has 33 heavy (non-hydrogen) atoms. The number of carbonyl (C=O) groups is 1. The number of piperidine rings is 1. The van der Waals surface area contributed by atoms with Crippen LogP contribution in [0.5, 0.6) is 0 Å². The Bertz CT molecular complexity index is 1290. The number of likely N-dealkylation sites (tertiary alicyclic amines) is 1. The van der Waals surface area contributed by atoms with Crippen molar-refractivity contribution in [2.24, 2.45) is 5.92 Å². The van der Waals surface area contributed by atoms with Crippen LogP contribution in [0, 0.1) is 11.7 Å². The van der Waals surface area contributed by atoms with Gasteiger partial charge in [-0.1, -0.05) is 18.5 Å². The summed E-state index contributed by atoms with van der Waals surface area (Å²) in [4.78, 5) is 21.2. The van der Waals surface area contributed by atoms with E-state index in [1.54, 1.807) is 23.1 Å². The number of anilines is 1. The molecule has 0 radical (unpaired) electrons. The highest BCUT2D eigenvalue weighted by molar-refractivity contribution is 6.31. The summed E-state index contributed by atoms with van der Waals surface area (Å²) in [6, 6.07) is 9.55. The maximum absolute atomic E-state index is 14.1. The third-order valence-corrected chi connectivity index (χ3v) is 6.25. The number of rotatable bonds is 5. The first-order chi connectivity index (χ1) is 16.0. The lowest BCUT2D eigenvalue weighted by Crippen LogP contribution is -2.51. The molecule has 4 aromatic rings. The van der Waals surface area contributed by atoms with E-state index in [1.165, 1.54) is 35.4 Å². The van der Waals surface area contributed by atoms with Crippen LogP contribution in [0.2, 0.25) is 5.02 Å². The maximum atomic E-state index is 14.1. The summed E-state index contributed by atoms with van der Waals surface area (Å²) < 4.78 is 19.9. The van der Waals surface area contributed by atoms with E-state index >= 15 is 0 Å². The van der Waals surface area contributed by atoms with E-state index in [-0.39, 0.29) is 23.4 Å². The van der Waals surface area contributed by atoms with Gasteiger partial charge in [-0.25, -0.2) is 4.39 Å². The van der Waals surface area contributed by atoms with E-state index in [0.717, 1.165) is 12.8 Å². The standard InChI is InChI=1S/C23H22ClFN6O2/c1-14-3-2-10-30(20(14)13-26-23-29-18-6-4-15(24)11-21(18)33-23)22(32)17-12-16(25)5-7-19(17)31-27-8-9-28-31/h4-9,11-12,14,20H,2-3,10,13H2,1H3,(H,26,29). The molecule has 8 nitrogen and oxygen atoms in total. The van der Waals surface area contributed by atoms with Crippen LogP contribution in [-0.2, 0) is 0 Å². The van der Waals surface area contributed by atoms with Gasteiger partial charge < -0.3 is 14.6 Å². The van der Waals surface area contributed by atoms with Crippen LogP contribution in [0.4, 0.5) is 10.4 Å². The molecule has 1 aliphatic heterocycles. The van der Waals surface area contributed by atoms with Gasteiger partial charge in [-0.05, 0) is 49.1 Å². The molecule has 2 atom stereocenters. The smallest absolute Gasteiger partial charge is 0.295 e. The van der Waals surface area contributed by atoms with Crippen molar-refractivity contribution in [3.8, 4) is 5.69 Å². The van der Waals surface area contributed by atoms with E-state index in [9.17, 15) is 9.18 Å². The SMILES string of the molecule is CC1CCCN(C(=O)c2cc(F)ccc2-n2nccn2)C1CNc1nc2ccc(Cl)cc2o1. The Morgan fingerprint density at radius 2 is 2.06 bits per heavy atom. The quantitative estimate of drug-likeness (QED) is 0.462. The molecule has 0 spiro atoms. The number of amides is 1. The van der Waals surface area contributed by atoms with Gasteiger partial charge in [0.25, 0.3) is 11.9 Å². The first-order valence-corrected chi connectivity index (χ1v) is 11.1. The molecule has 1 saturated heterocycles. The summed E-state index contributed by atoms with van der Waals surface area (Å²) >= 11 is 6.03. The van der Waals surface area contributed by atoms with Crippen LogP contribution in [0.25, 0.3) is 16.8 Å². The molecular weight excluding hydrogens is 447 g/mol. The zero-order valence-electron chi connectivity index (χ0n) is 17.9. The number of fused-ring (bicyclic) bond motifs is 1. The average Bonchev–Trinajstić information content (AvgIpc) is 3.47. The molecule has 0 aliphatic carbocycles. The van der Waals surface area contributed by atoms with Gasteiger partial charge in [0.1, 0.15) is 11.3 Å². The van der Waals surface area contributed by atoms with Crippen molar-refractivity contribution in [3.05, 3.63) is 65.2 Å². The summed E-state index contributed by atoms with van der Waals surface area (Å²) in [6.45, 7) is 3.12. The number of nitrogens with one attached hydrogen (secondary N) is 1. The van der Waals surface area contributed by atoms with Gasteiger partial charge >= 0.3 is 0 Å². The van der Waals surface area contributed by atoms with Crippen LogP contribution < -0.4 is 5.32 Å². The molecular formula is C23H22ClFN6O2. The van der Waals surface area contributed by atoms with Gasteiger partial charge in [0.15, 0.2) is 5.58 Å². The largest absolute Gasteiger partial charge is 0.424 e. The van der Waals surface area contributed by atoms with Crippen LogP contribution >= 0.6 is 11.6 Å².